The Morgan fingerprint density at radius 3 is 1.57 bits per heavy atom. The summed E-state index contributed by atoms with van der Waals surface area (Å²) in [6.45, 7) is 18.2. The number of fused-ring (bicyclic) bond motifs is 10. The van der Waals surface area contributed by atoms with E-state index >= 15 is 0 Å². The van der Waals surface area contributed by atoms with Crippen LogP contribution in [0.15, 0.2) is 127 Å². The normalized spacial score (nSPS) is 20.2. The molecule has 6 aliphatic heterocycles. The average molecular weight is 822 g/mol. The lowest BCUT2D eigenvalue weighted by molar-refractivity contribution is 0.178. The van der Waals surface area contributed by atoms with Gasteiger partial charge in [-0.2, -0.15) is 0 Å². The second-order valence-electron chi connectivity index (χ2n) is 20.7. The third-order valence-corrected chi connectivity index (χ3v) is 14.6. The van der Waals surface area contributed by atoms with E-state index in [2.05, 4.69) is 174 Å². The number of ether oxygens (including phenoxy) is 4. The molecule has 7 heteroatoms. The first kappa shape index (κ1) is 37.5. The summed E-state index contributed by atoms with van der Waals surface area (Å²) in [7, 11) is 0. The molecule has 0 radical (unpaired) electrons. The SMILES string of the molecule is CC1OC1Oc1ccc(-c2cc3c4c(c2)B2c5ccc(C(C)(C)C)cc5-c5c(-c6ccc(OC7OC7C)cc6)ccc(c52)N4c2cccc4c2B3c2ccc(C(C)(C)C)cc2-4)cc1. The van der Waals surface area contributed by atoms with E-state index in [9.17, 15) is 0 Å². The lowest BCUT2D eigenvalue weighted by atomic mass is 9.32. The summed E-state index contributed by atoms with van der Waals surface area (Å²) in [4.78, 5) is 2.64. The molecule has 7 aromatic carbocycles. The number of anilines is 3. The van der Waals surface area contributed by atoms with Gasteiger partial charge in [-0.1, -0.05) is 143 Å². The second-order valence-corrected chi connectivity index (χ2v) is 20.7. The van der Waals surface area contributed by atoms with Gasteiger partial charge in [0.2, 0.25) is 26.0 Å². The Hall–Kier alpha value is -6.01. The number of nitrogens with zero attached hydrogens (tertiary/aromatic N) is 1. The van der Waals surface area contributed by atoms with Crippen molar-refractivity contribution >= 4 is 63.3 Å². The van der Waals surface area contributed by atoms with Gasteiger partial charge in [-0.15, -0.1) is 0 Å². The maximum atomic E-state index is 6.13. The van der Waals surface area contributed by atoms with Gasteiger partial charge in [0.25, 0.3) is 0 Å². The molecular formula is C56H49B2NO4. The van der Waals surface area contributed by atoms with Crippen LogP contribution in [0, 0.1) is 0 Å². The van der Waals surface area contributed by atoms with Gasteiger partial charge < -0.3 is 23.8 Å². The van der Waals surface area contributed by atoms with Crippen LogP contribution in [-0.2, 0) is 20.3 Å². The zero-order valence-electron chi connectivity index (χ0n) is 37.2. The standard InChI is InChI=1S/C56H49B2NO4/c1-30-53(60-30)62-37-18-12-32(13-19-37)34-26-45-52-46(27-34)58-44-24-17-36(56(6,7)8)29-42(44)49-39(33-14-20-38(21-15-33)63-54-31(2)61-54)22-25-48(51(49)58)59(52)47-11-9-10-40-41-28-35(55(3,4)5)16-23-43(41)57(45)50(40)47/h9-31,53-54H,1-8H3. The number of benzene rings is 7. The minimum absolute atomic E-state index is 0.0151. The summed E-state index contributed by atoms with van der Waals surface area (Å²) < 4.78 is 23.4. The number of hydrogen-bond donors (Lipinski definition) is 0. The van der Waals surface area contributed by atoms with Crippen molar-refractivity contribution in [2.75, 3.05) is 4.90 Å². The summed E-state index contributed by atoms with van der Waals surface area (Å²) >= 11 is 0. The van der Waals surface area contributed by atoms with E-state index < -0.39 is 0 Å². The van der Waals surface area contributed by atoms with Crippen LogP contribution in [0.1, 0.15) is 66.5 Å². The molecule has 2 saturated heterocycles. The fourth-order valence-corrected chi connectivity index (χ4v) is 11.1. The summed E-state index contributed by atoms with van der Waals surface area (Å²) in [5, 5.41) is 0. The van der Waals surface area contributed by atoms with Gasteiger partial charge in [0.05, 0.1) is 0 Å². The van der Waals surface area contributed by atoms with E-state index in [0.717, 1.165) is 11.5 Å². The molecule has 7 aromatic rings. The number of rotatable bonds is 6. The minimum Gasteiger partial charge on any atom is -0.462 e. The topological polar surface area (TPSA) is 46.8 Å². The Labute approximate surface area is 371 Å². The molecule has 0 spiro atoms. The molecule has 13 rings (SSSR count). The van der Waals surface area contributed by atoms with Crippen LogP contribution in [0.2, 0.25) is 0 Å². The molecule has 63 heavy (non-hydrogen) atoms. The first-order valence-electron chi connectivity index (χ1n) is 22.7. The van der Waals surface area contributed by atoms with Gasteiger partial charge >= 0.3 is 0 Å². The second kappa shape index (κ2) is 12.8. The molecule has 0 amide bonds. The van der Waals surface area contributed by atoms with Crippen molar-refractivity contribution < 1.29 is 18.9 Å². The molecule has 5 nitrogen and oxygen atoms in total. The van der Waals surface area contributed by atoms with Gasteiger partial charge in [0, 0.05) is 17.1 Å². The average Bonchev–Trinajstić information content (AvgIpc) is 4.08. The van der Waals surface area contributed by atoms with E-state index in [4.69, 9.17) is 18.9 Å². The van der Waals surface area contributed by atoms with E-state index in [1.54, 1.807) is 0 Å². The van der Waals surface area contributed by atoms with E-state index in [0.29, 0.717) is 0 Å². The van der Waals surface area contributed by atoms with Crippen molar-refractivity contribution in [3.63, 3.8) is 0 Å². The van der Waals surface area contributed by atoms with Crippen LogP contribution in [0.25, 0.3) is 44.5 Å². The Kier molecular flexibility index (Phi) is 7.63. The zero-order valence-corrected chi connectivity index (χ0v) is 37.2. The quantitative estimate of drug-likeness (QED) is 0.124. The van der Waals surface area contributed by atoms with Crippen LogP contribution in [-0.4, -0.2) is 38.2 Å². The fraction of sp³-hybridized carbons (Fsp3) is 0.250. The largest absolute Gasteiger partial charge is 0.462 e. The van der Waals surface area contributed by atoms with Crippen molar-refractivity contribution in [1.29, 1.82) is 0 Å². The highest BCUT2D eigenvalue weighted by atomic mass is 16.8. The van der Waals surface area contributed by atoms with Crippen molar-refractivity contribution in [3.05, 3.63) is 139 Å². The molecule has 6 heterocycles. The summed E-state index contributed by atoms with van der Waals surface area (Å²) in [6.07, 6.45) is -0.0749. The summed E-state index contributed by atoms with van der Waals surface area (Å²) in [5.74, 6) is 1.66. The van der Waals surface area contributed by atoms with Crippen molar-refractivity contribution in [3.8, 4) is 56.0 Å². The van der Waals surface area contributed by atoms with Gasteiger partial charge in [0.15, 0.2) is 0 Å². The summed E-state index contributed by atoms with van der Waals surface area (Å²) in [6, 6.07) is 48.7. The molecule has 6 aliphatic rings. The van der Waals surface area contributed by atoms with Gasteiger partial charge in [0.1, 0.15) is 23.7 Å². The van der Waals surface area contributed by atoms with E-state index in [1.165, 1.54) is 105 Å². The predicted molar refractivity (Wildman–Crippen MR) is 260 cm³/mol. The van der Waals surface area contributed by atoms with Gasteiger partial charge in [-0.05, 0) is 139 Å². The Balaban J connectivity index is 1.07. The highest BCUT2D eigenvalue weighted by Gasteiger charge is 2.50. The molecule has 0 aliphatic carbocycles. The van der Waals surface area contributed by atoms with E-state index in [1.807, 2.05) is 13.8 Å². The molecular weight excluding hydrogens is 772 g/mol. The first-order chi connectivity index (χ1) is 30.3. The zero-order chi connectivity index (χ0) is 42.8. The van der Waals surface area contributed by atoms with Gasteiger partial charge in [-0.25, -0.2) is 0 Å². The third kappa shape index (κ3) is 5.58. The lowest BCUT2D eigenvalue weighted by Gasteiger charge is -2.43. The van der Waals surface area contributed by atoms with Crippen LogP contribution in [0.4, 0.5) is 17.1 Å². The van der Waals surface area contributed by atoms with E-state index in [-0.39, 0.29) is 49.0 Å². The molecule has 308 valence electrons. The smallest absolute Gasteiger partial charge is 0.248 e. The fourth-order valence-electron chi connectivity index (χ4n) is 11.1. The third-order valence-electron chi connectivity index (χ3n) is 14.6. The van der Waals surface area contributed by atoms with Crippen LogP contribution in [0.5, 0.6) is 11.5 Å². The Bertz CT molecular complexity index is 3110. The Morgan fingerprint density at radius 2 is 1.00 bits per heavy atom. The highest BCUT2D eigenvalue weighted by Crippen LogP contribution is 2.48. The molecule has 2 fully saturated rings. The maximum Gasteiger partial charge on any atom is 0.248 e. The first-order valence-corrected chi connectivity index (χ1v) is 22.7. The molecule has 0 saturated carbocycles. The van der Waals surface area contributed by atoms with Crippen molar-refractivity contribution in [2.24, 2.45) is 0 Å². The molecule has 0 bridgehead atoms. The maximum absolute atomic E-state index is 6.13. The summed E-state index contributed by atoms with van der Waals surface area (Å²) in [5.41, 5.74) is 25.0. The monoisotopic (exact) mass is 821 g/mol. The van der Waals surface area contributed by atoms with Crippen LogP contribution >= 0.6 is 0 Å². The number of hydrogen-bond acceptors (Lipinski definition) is 5. The highest BCUT2D eigenvalue weighted by molar-refractivity contribution is 7.05. The van der Waals surface area contributed by atoms with Crippen molar-refractivity contribution in [2.45, 2.75) is 91.0 Å². The minimum atomic E-state index is -0.168. The molecule has 4 unspecified atom stereocenters. The predicted octanol–water partition coefficient (Wildman–Crippen LogP) is 8.95. The van der Waals surface area contributed by atoms with Crippen molar-refractivity contribution in [1.82, 2.24) is 0 Å². The van der Waals surface area contributed by atoms with Crippen LogP contribution in [0.3, 0.4) is 0 Å². The Morgan fingerprint density at radius 1 is 0.476 bits per heavy atom. The molecule has 0 N–H and O–H groups in total. The molecule has 4 atom stereocenters. The van der Waals surface area contributed by atoms with Gasteiger partial charge in [-0.3, -0.25) is 0 Å². The number of epoxide rings is 2. The molecule has 0 aromatic heterocycles. The van der Waals surface area contributed by atoms with Crippen LogP contribution < -0.4 is 47.2 Å². The lowest BCUT2D eigenvalue weighted by Crippen LogP contribution is -2.63.